The van der Waals surface area contributed by atoms with Gasteiger partial charge in [0.1, 0.15) is 17.6 Å². The van der Waals surface area contributed by atoms with Crippen LogP contribution in [-0.4, -0.2) is 100 Å². The van der Waals surface area contributed by atoms with Crippen molar-refractivity contribution in [2.75, 3.05) is 52.3 Å². The second kappa shape index (κ2) is 12.6. The molecule has 48 heavy (non-hydrogen) atoms. The fourth-order valence-electron chi connectivity index (χ4n) is 7.20. The van der Waals surface area contributed by atoms with E-state index >= 15 is 0 Å². The zero-order chi connectivity index (χ0) is 33.6. The highest BCUT2D eigenvalue weighted by Crippen LogP contribution is 2.47. The molecule has 3 amide bonds. The number of ether oxygens (including phenoxy) is 1. The van der Waals surface area contributed by atoms with Crippen LogP contribution in [0, 0.1) is 6.92 Å². The van der Waals surface area contributed by atoms with E-state index in [1.807, 2.05) is 62.2 Å². The van der Waals surface area contributed by atoms with Gasteiger partial charge in [-0.2, -0.15) is 5.10 Å². The van der Waals surface area contributed by atoms with Crippen molar-refractivity contribution in [3.05, 3.63) is 88.0 Å². The van der Waals surface area contributed by atoms with Crippen molar-refractivity contribution < 1.29 is 19.1 Å². The number of rotatable bonds is 2. The predicted molar refractivity (Wildman–Crippen MR) is 182 cm³/mol. The molecular weight excluding hydrogens is 608 g/mol. The Bertz CT molecular complexity index is 1970. The number of hydrogen-bond donors (Lipinski definition) is 2. The van der Waals surface area contributed by atoms with Crippen LogP contribution in [0.3, 0.4) is 0 Å². The summed E-state index contributed by atoms with van der Waals surface area (Å²) >= 11 is 0. The number of carbonyl (C=O) groups is 3. The van der Waals surface area contributed by atoms with E-state index in [0.29, 0.717) is 57.9 Å². The monoisotopic (exact) mass is 648 g/mol. The molecule has 2 aliphatic heterocycles. The third-order valence-electron chi connectivity index (χ3n) is 9.85. The molecule has 5 heterocycles. The Balaban J connectivity index is 1.21. The van der Waals surface area contributed by atoms with Crippen LogP contribution in [0.25, 0.3) is 17.0 Å². The Labute approximate surface area is 279 Å². The number of fused-ring (bicyclic) bond motifs is 3. The van der Waals surface area contributed by atoms with Gasteiger partial charge < -0.3 is 25.2 Å². The molecule has 0 unspecified atom stereocenters. The number of nitrogens with zero attached hydrogens (tertiary/aromatic N) is 6. The number of hydrogen-bond acceptors (Lipinski definition) is 8. The quantitative estimate of drug-likeness (QED) is 0.339. The number of aromatic nitrogens is 4. The van der Waals surface area contributed by atoms with E-state index in [4.69, 9.17) is 4.74 Å². The molecule has 0 saturated carbocycles. The van der Waals surface area contributed by atoms with Crippen molar-refractivity contribution in [1.82, 2.24) is 34.9 Å². The second-order valence-electron chi connectivity index (χ2n) is 13.3. The molecule has 1 aromatic carbocycles. The first-order valence-electron chi connectivity index (χ1n) is 16.3. The highest BCUT2D eigenvalue weighted by Gasteiger charge is 2.51. The Hall–Kier alpha value is -4.94. The lowest BCUT2D eigenvalue weighted by Gasteiger charge is -2.27. The molecule has 2 atom stereocenters. The van der Waals surface area contributed by atoms with E-state index in [1.165, 1.54) is 0 Å². The average Bonchev–Trinajstić information content (AvgIpc) is 3.72. The summed E-state index contributed by atoms with van der Waals surface area (Å²) in [7, 11) is 5.67. The largest absolute Gasteiger partial charge is 0.376 e. The third kappa shape index (κ3) is 5.86. The van der Waals surface area contributed by atoms with E-state index in [0.717, 1.165) is 44.3 Å². The van der Waals surface area contributed by atoms with E-state index in [9.17, 15) is 14.4 Å². The maximum absolute atomic E-state index is 14.0. The van der Waals surface area contributed by atoms with Gasteiger partial charge in [-0.15, -0.1) is 0 Å². The number of benzene rings is 1. The molecule has 4 aromatic rings. The molecule has 0 fully saturated rings. The molecule has 1 aliphatic carbocycles. The maximum atomic E-state index is 14.0. The number of aryl methyl sites for hydroxylation is 2. The SMILES string of the molecule is Cc1cc(C[C@H]2NC(=O)c3cc4c(cn3)C[C@@]3(C4)C(=O)Nc4ncc(cc43)/C=C\COCCN(C)CCN(C)C2=O)cc2cnn(C)c12. The number of amides is 3. The molecular formula is C36H40N8O4. The molecule has 7 rings (SSSR count). The number of carbonyl (C=O) groups excluding carboxylic acids is 3. The van der Waals surface area contributed by atoms with Crippen LogP contribution >= 0.6 is 0 Å². The molecule has 5 bridgehead atoms. The molecule has 248 valence electrons. The van der Waals surface area contributed by atoms with Crippen molar-refractivity contribution in [2.45, 2.75) is 37.6 Å². The van der Waals surface area contributed by atoms with Gasteiger partial charge in [0.15, 0.2) is 0 Å². The molecule has 12 heteroatoms. The van der Waals surface area contributed by atoms with Crippen molar-refractivity contribution in [3.8, 4) is 0 Å². The van der Waals surface area contributed by atoms with Crippen molar-refractivity contribution >= 4 is 40.5 Å². The number of pyridine rings is 2. The van der Waals surface area contributed by atoms with Crippen LogP contribution in [-0.2, 0) is 46.1 Å². The van der Waals surface area contributed by atoms with Gasteiger partial charge in [0, 0.05) is 63.5 Å². The zero-order valence-corrected chi connectivity index (χ0v) is 27.7. The lowest BCUT2D eigenvalue weighted by molar-refractivity contribution is -0.132. The van der Waals surface area contributed by atoms with Crippen molar-refractivity contribution in [2.24, 2.45) is 7.05 Å². The van der Waals surface area contributed by atoms with Gasteiger partial charge in [-0.1, -0.05) is 18.2 Å². The minimum Gasteiger partial charge on any atom is -0.376 e. The summed E-state index contributed by atoms with van der Waals surface area (Å²) in [4.78, 5) is 54.1. The standard InChI is InChI=1S/C36H40N8O4/c1-22-12-24(13-26-21-39-44(4)31(22)26)15-30-34(46)43(3)8-7-42(2)9-11-48-10-5-6-23-14-28-32(38-19-23)41-35(47)36(28)17-25-16-29(33(45)40-30)37-20-27(25)18-36/h5-6,12-14,16,19-21,30H,7-11,15,17-18H2,1-4H3,(H,40,45)(H,38,41,47)/b6-5-/t30-,36-/m1/s1. The first-order valence-corrected chi connectivity index (χ1v) is 16.3. The van der Waals surface area contributed by atoms with Crippen LogP contribution in [0.15, 0.2) is 48.9 Å². The molecule has 12 nitrogen and oxygen atoms in total. The normalized spacial score (nSPS) is 22.8. The Kier molecular flexibility index (Phi) is 8.30. The van der Waals surface area contributed by atoms with Crippen LogP contribution in [0.2, 0.25) is 0 Å². The molecule has 2 N–H and O–H groups in total. The highest BCUT2D eigenvalue weighted by atomic mass is 16.5. The minimum atomic E-state index is -0.826. The van der Waals surface area contributed by atoms with E-state index in [-0.39, 0.29) is 17.5 Å². The summed E-state index contributed by atoms with van der Waals surface area (Å²) in [5.74, 6) is -0.169. The fourth-order valence-corrected chi connectivity index (χ4v) is 7.20. The molecule has 1 spiro atoms. The molecule has 3 aliphatic rings. The van der Waals surface area contributed by atoms with Gasteiger partial charge in [-0.25, -0.2) is 4.98 Å². The molecule has 0 radical (unpaired) electrons. The number of nitrogens with one attached hydrogen (secondary N) is 2. The Morgan fingerprint density at radius 3 is 2.65 bits per heavy atom. The fraction of sp³-hybridized carbons (Fsp3) is 0.389. The van der Waals surface area contributed by atoms with Gasteiger partial charge in [-0.05, 0) is 72.8 Å². The molecule has 3 aromatic heterocycles. The van der Waals surface area contributed by atoms with Crippen LogP contribution in [0.1, 0.15) is 43.9 Å². The van der Waals surface area contributed by atoms with Gasteiger partial charge in [-0.3, -0.25) is 24.0 Å². The Morgan fingerprint density at radius 2 is 1.79 bits per heavy atom. The summed E-state index contributed by atoms with van der Waals surface area (Å²) in [5.41, 5.74) is 5.91. The van der Waals surface area contributed by atoms with Crippen LogP contribution in [0.5, 0.6) is 0 Å². The number of likely N-dealkylation sites (N-methyl/N-ethyl adjacent to an activating group) is 2. The summed E-state index contributed by atoms with van der Waals surface area (Å²) in [6, 6.07) is 7.02. The lowest BCUT2D eigenvalue weighted by Crippen LogP contribution is -2.50. The maximum Gasteiger partial charge on any atom is 0.270 e. The lowest BCUT2D eigenvalue weighted by atomic mass is 9.79. The average molecular weight is 649 g/mol. The minimum absolute atomic E-state index is 0.107. The van der Waals surface area contributed by atoms with Crippen LogP contribution in [0.4, 0.5) is 5.82 Å². The zero-order valence-electron chi connectivity index (χ0n) is 27.7. The van der Waals surface area contributed by atoms with Gasteiger partial charge in [0.25, 0.3) is 5.91 Å². The van der Waals surface area contributed by atoms with E-state index < -0.39 is 17.4 Å². The van der Waals surface area contributed by atoms with Gasteiger partial charge >= 0.3 is 0 Å². The van der Waals surface area contributed by atoms with Crippen molar-refractivity contribution in [3.63, 3.8) is 0 Å². The highest BCUT2D eigenvalue weighted by molar-refractivity contribution is 6.06. The predicted octanol–water partition coefficient (Wildman–Crippen LogP) is 2.44. The first kappa shape index (κ1) is 31.6. The van der Waals surface area contributed by atoms with E-state index in [1.54, 1.807) is 30.4 Å². The van der Waals surface area contributed by atoms with Gasteiger partial charge in [0.05, 0.1) is 30.3 Å². The third-order valence-corrected chi connectivity index (χ3v) is 9.85. The smallest absolute Gasteiger partial charge is 0.270 e. The second-order valence-corrected chi connectivity index (χ2v) is 13.3. The van der Waals surface area contributed by atoms with Crippen LogP contribution < -0.4 is 10.6 Å². The van der Waals surface area contributed by atoms with Gasteiger partial charge in [0.2, 0.25) is 11.8 Å². The van der Waals surface area contributed by atoms with Crippen molar-refractivity contribution in [1.29, 1.82) is 0 Å². The summed E-state index contributed by atoms with van der Waals surface area (Å²) < 4.78 is 7.69. The van der Waals surface area contributed by atoms with E-state index in [2.05, 4.69) is 30.6 Å². The summed E-state index contributed by atoms with van der Waals surface area (Å²) in [6.07, 6.45) is 10.3. The summed E-state index contributed by atoms with van der Waals surface area (Å²) in [6.45, 7) is 4.82. The first-order chi connectivity index (χ1) is 23.1. The Morgan fingerprint density at radius 1 is 0.958 bits per heavy atom. The number of anilines is 1. The topological polar surface area (TPSA) is 135 Å². The summed E-state index contributed by atoms with van der Waals surface area (Å²) in [5, 5.41) is 11.4. The molecule has 0 saturated heterocycles.